The Morgan fingerprint density at radius 3 is 2.84 bits per heavy atom. The minimum atomic E-state index is 0.244. The van der Waals surface area contributed by atoms with E-state index in [9.17, 15) is 4.79 Å². The normalized spacial score (nSPS) is 16.0. The number of carbonyl (C=O) groups excluding carboxylic acids is 1. The maximum atomic E-state index is 11.9. The molecule has 1 N–H and O–H groups in total. The topological polar surface area (TPSA) is 34.0 Å². The molecular formula is C16H20N2O. The number of para-hydroxylation sites is 1. The molecule has 3 nitrogen and oxygen atoms in total. The Morgan fingerprint density at radius 1 is 1.21 bits per heavy atom. The molecule has 0 unspecified atom stereocenters. The van der Waals surface area contributed by atoms with Crippen LogP contribution in [0.1, 0.15) is 25.7 Å². The van der Waals surface area contributed by atoms with Crippen molar-refractivity contribution >= 4 is 16.8 Å². The molecular weight excluding hydrogens is 236 g/mol. The Balaban J connectivity index is 1.56. The standard InChI is InChI=1S/C16H20N2O/c19-16(14-6-1-2-7-14)17-10-12-18-11-9-13-5-3-4-8-15(13)18/h3-5,8-9,11,14H,1-2,6-7,10,12H2,(H,17,19). The molecule has 0 saturated heterocycles. The van der Waals surface area contributed by atoms with Crippen molar-refractivity contribution in [3.05, 3.63) is 36.5 Å². The number of nitrogens with one attached hydrogen (secondary N) is 1. The molecule has 2 aromatic rings. The molecule has 3 heteroatoms. The smallest absolute Gasteiger partial charge is 0.223 e. The van der Waals surface area contributed by atoms with Crippen molar-refractivity contribution in [3.63, 3.8) is 0 Å². The third kappa shape index (κ3) is 2.65. The second kappa shape index (κ2) is 5.47. The van der Waals surface area contributed by atoms with Crippen molar-refractivity contribution in [1.82, 2.24) is 9.88 Å². The van der Waals surface area contributed by atoms with Crippen LogP contribution in [0.25, 0.3) is 10.9 Å². The maximum absolute atomic E-state index is 11.9. The van der Waals surface area contributed by atoms with E-state index in [1.807, 2.05) is 0 Å². The van der Waals surface area contributed by atoms with Crippen LogP contribution in [0.2, 0.25) is 0 Å². The Kier molecular flexibility index (Phi) is 3.53. The summed E-state index contributed by atoms with van der Waals surface area (Å²) in [6, 6.07) is 10.5. The van der Waals surface area contributed by atoms with Crippen LogP contribution in [0.15, 0.2) is 36.5 Å². The quantitative estimate of drug-likeness (QED) is 0.896. The number of nitrogens with zero attached hydrogens (tertiary/aromatic N) is 1. The van der Waals surface area contributed by atoms with Crippen molar-refractivity contribution in [2.45, 2.75) is 32.2 Å². The second-order valence-electron chi connectivity index (χ2n) is 5.34. The molecule has 0 spiro atoms. The van der Waals surface area contributed by atoms with Crippen LogP contribution in [0.5, 0.6) is 0 Å². The molecule has 1 heterocycles. The van der Waals surface area contributed by atoms with Gasteiger partial charge in [-0.15, -0.1) is 0 Å². The van der Waals surface area contributed by atoms with E-state index in [2.05, 4.69) is 46.4 Å². The summed E-state index contributed by atoms with van der Waals surface area (Å²) < 4.78 is 2.20. The number of aromatic nitrogens is 1. The van der Waals surface area contributed by atoms with E-state index in [-0.39, 0.29) is 11.8 Å². The monoisotopic (exact) mass is 256 g/mol. The van der Waals surface area contributed by atoms with Crippen LogP contribution in [0.4, 0.5) is 0 Å². The van der Waals surface area contributed by atoms with Crippen LogP contribution >= 0.6 is 0 Å². The van der Waals surface area contributed by atoms with Crippen LogP contribution < -0.4 is 5.32 Å². The van der Waals surface area contributed by atoms with E-state index < -0.39 is 0 Å². The van der Waals surface area contributed by atoms with E-state index in [0.717, 1.165) is 19.4 Å². The maximum Gasteiger partial charge on any atom is 0.223 e. The van der Waals surface area contributed by atoms with E-state index in [1.165, 1.54) is 23.7 Å². The highest BCUT2D eigenvalue weighted by Crippen LogP contribution is 2.24. The molecule has 1 aliphatic carbocycles. The first-order valence-electron chi connectivity index (χ1n) is 7.16. The van der Waals surface area contributed by atoms with E-state index >= 15 is 0 Å². The molecule has 100 valence electrons. The number of rotatable bonds is 4. The zero-order chi connectivity index (χ0) is 13.1. The molecule has 3 rings (SSSR count). The molecule has 0 aliphatic heterocycles. The lowest BCUT2D eigenvalue weighted by atomic mass is 10.1. The Hall–Kier alpha value is -1.77. The average molecular weight is 256 g/mol. The van der Waals surface area contributed by atoms with Crippen LogP contribution in [0.3, 0.4) is 0 Å². The summed E-state index contributed by atoms with van der Waals surface area (Å²) in [5, 5.41) is 4.32. The van der Waals surface area contributed by atoms with Crippen molar-refractivity contribution in [3.8, 4) is 0 Å². The summed E-state index contributed by atoms with van der Waals surface area (Å²) in [5.41, 5.74) is 1.23. The third-order valence-electron chi connectivity index (χ3n) is 4.06. The highest BCUT2D eigenvalue weighted by molar-refractivity contribution is 5.80. The largest absolute Gasteiger partial charge is 0.354 e. The number of benzene rings is 1. The average Bonchev–Trinajstić information content (AvgIpc) is 3.08. The van der Waals surface area contributed by atoms with Crippen molar-refractivity contribution < 1.29 is 4.79 Å². The lowest BCUT2D eigenvalue weighted by Crippen LogP contribution is -2.31. The van der Waals surface area contributed by atoms with Gasteiger partial charge < -0.3 is 9.88 Å². The van der Waals surface area contributed by atoms with Gasteiger partial charge in [0.15, 0.2) is 0 Å². The van der Waals surface area contributed by atoms with Crippen LogP contribution in [0, 0.1) is 5.92 Å². The van der Waals surface area contributed by atoms with Gasteiger partial charge in [0.1, 0.15) is 0 Å². The summed E-state index contributed by atoms with van der Waals surface area (Å²) in [7, 11) is 0. The van der Waals surface area contributed by atoms with E-state index in [4.69, 9.17) is 0 Å². The fourth-order valence-electron chi connectivity index (χ4n) is 2.97. The summed E-state index contributed by atoms with van der Waals surface area (Å²) in [6.07, 6.45) is 6.64. The number of hydrogen-bond acceptors (Lipinski definition) is 1. The molecule has 1 fully saturated rings. The number of fused-ring (bicyclic) bond motifs is 1. The van der Waals surface area contributed by atoms with Gasteiger partial charge in [-0.3, -0.25) is 4.79 Å². The van der Waals surface area contributed by atoms with Gasteiger partial charge in [-0.2, -0.15) is 0 Å². The van der Waals surface area contributed by atoms with Crippen molar-refractivity contribution in [2.24, 2.45) is 5.92 Å². The molecule has 1 aromatic carbocycles. The highest BCUT2D eigenvalue weighted by Gasteiger charge is 2.21. The minimum Gasteiger partial charge on any atom is -0.354 e. The van der Waals surface area contributed by atoms with Crippen LogP contribution in [-0.2, 0) is 11.3 Å². The Bertz CT molecular complexity index is 567. The van der Waals surface area contributed by atoms with Gasteiger partial charge in [-0.25, -0.2) is 0 Å². The van der Waals surface area contributed by atoms with Crippen molar-refractivity contribution in [2.75, 3.05) is 6.54 Å². The SMILES string of the molecule is O=C(NCCn1ccc2ccccc21)C1CCCC1. The molecule has 0 atom stereocenters. The van der Waals surface area contributed by atoms with Gasteiger partial charge in [0.2, 0.25) is 5.91 Å². The molecule has 1 saturated carbocycles. The predicted octanol–water partition coefficient (Wildman–Crippen LogP) is 2.95. The summed E-state index contributed by atoms with van der Waals surface area (Å²) in [5.74, 6) is 0.510. The zero-order valence-electron chi connectivity index (χ0n) is 11.1. The fourth-order valence-corrected chi connectivity index (χ4v) is 2.97. The summed E-state index contributed by atoms with van der Waals surface area (Å²) in [6.45, 7) is 1.56. The first kappa shape index (κ1) is 12.3. The molecule has 0 bridgehead atoms. The molecule has 1 aromatic heterocycles. The first-order chi connectivity index (χ1) is 9.34. The van der Waals surface area contributed by atoms with Crippen molar-refractivity contribution in [1.29, 1.82) is 0 Å². The number of amides is 1. The van der Waals surface area contributed by atoms with Gasteiger partial charge >= 0.3 is 0 Å². The second-order valence-corrected chi connectivity index (χ2v) is 5.34. The first-order valence-corrected chi connectivity index (χ1v) is 7.16. The van der Waals surface area contributed by atoms with Gasteiger partial charge in [0.05, 0.1) is 0 Å². The molecule has 1 aliphatic rings. The molecule has 1 amide bonds. The fraction of sp³-hybridized carbons (Fsp3) is 0.438. The van der Waals surface area contributed by atoms with Gasteiger partial charge in [-0.05, 0) is 30.4 Å². The molecule has 19 heavy (non-hydrogen) atoms. The lowest BCUT2D eigenvalue weighted by Gasteiger charge is -2.11. The summed E-state index contributed by atoms with van der Waals surface area (Å²) in [4.78, 5) is 11.9. The Morgan fingerprint density at radius 2 is 2.00 bits per heavy atom. The predicted molar refractivity (Wildman–Crippen MR) is 76.9 cm³/mol. The molecule has 0 radical (unpaired) electrons. The lowest BCUT2D eigenvalue weighted by molar-refractivity contribution is -0.124. The minimum absolute atomic E-state index is 0.244. The van der Waals surface area contributed by atoms with Gasteiger partial charge in [0, 0.05) is 30.7 Å². The van der Waals surface area contributed by atoms with Gasteiger partial charge in [-0.1, -0.05) is 31.0 Å². The van der Waals surface area contributed by atoms with E-state index in [1.54, 1.807) is 0 Å². The third-order valence-corrected chi connectivity index (χ3v) is 4.06. The zero-order valence-corrected chi connectivity index (χ0v) is 11.1. The highest BCUT2D eigenvalue weighted by atomic mass is 16.1. The Labute approximate surface area is 113 Å². The summed E-state index contributed by atoms with van der Waals surface area (Å²) >= 11 is 0. The number of carbonyl (C=O) groups is 1. The number of hydrogen-bond donors (Lipinski definition) is 1. The van der Waals surface area contributed by atoms with Gasteiger partial charge in [0.25, 0.3) is 0 Å². The van der Waals surface area contributed by atoms with E-state index in [0.29, 0.717) is 6.54 Å². The van der Waals surface area contributed by atoms with Crippen LogP contribution in [-0.4, -0.2) is 17.0 Å².